The van der Waals surface area contributed by atoms with Crippen LogP contribution in [-0.2, 0) is 6.42 Å². The smallest absolute Gasteiger partial charge is 0.0704 e. The largest absolute Gasteiger partial charge is 0.330 e. The van der Waals surface area contributed by atoms with E-state index in [-0.39, 0.29) is 0 Å². The van der Waals surface area contributed by atoms with Gasteiger partial charge < -0.3 is 5.73 Å². The van der Waals surface area contributed by atoms with Crippen molar-refractivity contribution in [3.8, 4) is 0 Å². The lowest BCUT2D eigenvalue weighted by atomic mass is 9.98. The lowest BCUT2D eigenvalue weighted by Crippen LogP contribution is -2.13. The summed E-state index contributed by atoms with van der Waals surface area (Å²) in [6.07, 6.45) is 2.86. The van der Waals surface area contributed by atoms with Gasteiger partial charge in [0.15, 0.2) is 0 Å². The van der Waals surface area contributed by atoms with E-state index in [4.69, 9.17) is 5.73 Å². The first-order valence-electron chi connectivity index (χ1n) is 5.34. The first-order valence-corrected chi connectivity index (χ1v) is 5.34. The molecule has 0 aliphatic carbocycles. The highest BCUT2D eigenvalue weighted by Crippen LogP contribution is 2.19. The number of aromatic nitrogens is 1. The van der Waals surface area contributed by atoms with Crippen LogP contribution in [0.25, 0.3) is 10.9 Å². The fourth-order valence-corrected chi connectivity index (χ4v) is 1.80. The Balaban J connectivity index is 2.42. The minimum atomic E-state index is 0.524. The van der Waals surface area contributed by atoms with Crippen molar-refractivity contribution in [2.24, 2.45) is 11.7 Å². The Morgan fingerprint density at radius 1 is 1.27 bits per heavy atom. The van der Waals surface area contributed by atoms with Crippen LogP contribution >= 0.6 is 0 Å². The molecule has 0 aliphatic heterocycles. The summed E-state index contributed by atoms with van der Waals surface area (Å²) in [6, 6.07) is 10.4. The van der Waals surface area contributed by atoms with Gasteiger partial charge in [0.25, 0.3) is 0 Å². The Kier molecular flexibility index (Phi) is 2.97. The van der Waals surface area contributed by atoms with Crippen molar-refractivity contribution in [3.63, 3.8) is 0 Å². The van der Waals surface area contributed by atoms with E-state index in [1.165, 1.54) is 10.9 Å². The zero-order chi connectivity index (χ0) is 10.7. The van der Waals surface area contributed by atoms with Gasteiger partial charge in [-0.2, -0.15) is 0 Å². The predicted molar refractivity (Wildman–Crippen MR) is 63.7 cm³/mol. The summed E-state index contributed by atoms with van der Waals surface area (Å²) >= 11 is 0. The Hall–Kier alpha value is -1.41. The van der Waals surface area contributed by atoms with Crippen LogP contribution in [0.5, 0.6) is 0 Å². The molecule has 1 heterocycles. The molecule has 1 unspecified atom stereocenters. The summed E-state index contributed by atoms with van der Waals surface area (Å²) < 4.78 is 0. The van der Waals surface area contributed by atoms with Gasteiger partial charge in [0.05, 0.1) is 5.52 Å². The van der Waals surface area contributed by atoms with Crippen LogP contribution in [0.3, 0.4) is 0 Å². The van der Waals surface area contributed by atoms with E-state index in [0.29, 0.717) is 5.92 Å². The van der Waals surface area contributed by atoms with E-state index < -0.39 is 0 Å². The molecule has 0 saturated heterocycles. The number of hydrogen-bond donors (Lipinski definition) is 1. The average Bonchev–Trinajstić information content (AvgIpc) is 2.29. The van der Waals surface area contributed by atoms with E-state index in [1.807, 2.05) is 18.3 Å². The number of fused-ring (bicyclic) bond motifs is 1. The lowest BCUT2D eigenvalue weighted by Gasteiger charge is -2.10. The zero-order valence-corrected chi connectivity index (χ0v) is 8.98. The maximum atomic E-state index is 5.65. The number of nitrogens with zero attached hydrogens (tertiary/aromatic N) is 1. The third-order valence-electron chi connectivity index (χ3n) is 2.71. The van der Waals surface area contributed by atoms with Crippen LogP contribution < -0.4 is 5.73 Å². The molecule has 0 amide bonds. The van der Waals surface area contributed by atoms with Crippen molar-refractivity contribution < 1.29 is 0 Å². The van der Waals surface area contributed by atoms with Crippen molar-refractivity contribution in [1.82, 2.24) is 4.98 Å². The molecule has 0 spiro atoms. The van der Waals surface area contributed by atoms with Crippen molar-refractivity contribution >= 4 is 10.9 Å². The molecule has 1 aromatic heterocycles. The molecule has 0 fully saturated rings. The van der Waals surface area contributed by atoms with Gasteiger partial charge in [0.2, 0.25) is 0 Å². The molecule has 0 saturated carbocycles. The summed E-state index contributed by atoms with van der Waals surface area (Å²) in [4.78, 5) is 4.34. The van der Waals surface area contributed by atoms with Crippen LogP contribution in [0.2, 0.25) is 0 Å². The van der Waals surface area contributed by atoms with Gasteiger partial charge in [-0.15, -0.1) is 0 Å². The topological polar surface area (TPSA) is 38.9 Å². The molecule has 2 heteroatoms. The third kappa shape index (κ3) is 2.16. The molecule has 2 nitrogen and oxygen atoms in total. The summed E-state index contributed by atoms with van der Waals surface area (Å²) in [5.74, 6) is 0.524. The normalized spacial score (nSPS) is 12.9. The second-order valence-corrected chi connectivity index (χ2v) is 4.03. The fourth-order valence-electron chi connectivity index (χ4n) is 1.80. The molecule has 0 aliphatic rings. The number of rotatable bonds is 3. The van der Waals surface area contributed by atoms with Gasteiger partial charge in [0.1, 0.15) is 0 Å². The second-order valence-electron chi connectivity index (χ2n) is 4.03. The molecular weight excluding hydrogens is 184 g/mol. The third-order valence-corrected chi connectivity index (χ3v) is 2.71. The molecular formula is C13H16N2. The van der Waals surface area contributed by atoms with Gasteiger partial charge in [-0.05, 0) is 36.6 Å². The quantitative estimate of drug-likeness (QED) is 0.826. The van der Waals surface area contributed by atoms with Gasteiger partial charge in [-0.1, -0.05) is 25.1 Å². The van der Waals surface area contributed by atoms with Gasteiger partial charge >= 0.3 is 0 Å². The lowest BCUT2D eigenvalue weighted by molar-refractivity contribution is 0.595. The van der Waals surface area contributed by atoms with E-state index in [0.717, 1.165) is 18.5 Å². The van der Waals surface area contributed by atoms with E-state index in [9.17, 15) is 0 Å². The highest BCUT2D eigenvalue weighted by Gasteiger charge is 2.05. The number of nitrogens with two attached hydrogens (primary N) is 1. The van der Waals surface area contributed by atoms with E-state index in [2.05, 4.69) is 30.1 Å². The summed E-state index contributed by atoms with van der Waals surface area (Å²) in [5.41, 5.74) is 8.06. The van der Waals surface area contributed by atoms with Crippen LogP contribution in [-0.4, -0.2) is 11.5 Å². The number of hydrogen-bond acceptors (Lipinski definition) is 2. The van der Waals surface area contributed by atoms with Crippen molar-refractivity contribution in [1.29, 1.82) is 0 Å². The minimum Gasteiger partial charge on any atom is -0.330 e. The van der Waals surface area contributed by atoms with Crippen LogP contribution in [0.15, 0.2) is 36.5 Å². The second kappa shape index (κ2) is 4.41. The van der Waals surface area contributed by atoms with Crippen LogP contribution in [0.4, 0.5) is 0 Å². The standard InChI is InChI=1S/C13H16N2/c1-10(9-14)8-11-4-2-6-13-12(11)5-3-7-15-13/h2-7,10H,8-9,14H2,1H3. The van der Waals surface area contributed by atoms with Crippen molar-refractivity contribution in [3.05, 3.63) is 42.1 Å². The Morgan fingerprint density at radius 2 is 2.13 bits per heavy atom. The monoisotopic (exact) mass is 200 g/mol. The highest BCUT2D eigenvalue weighted by molar-refractivity contribution is 5.81. The Morgan fingerprint density at radius 3 is 2.93 bits per heavy atom. The van der Waals surface area contributed by atoms with Gasteiger partial charge in [-0.25, -0.2) is 0 Å². The van der Waals surface area contributed by atoms with E-state index in [1.54, 1.807) is 0 Å². The maximum Gasteiger partial charge on any atom is 0.0704 e. The maximum absolute atomic E-state index is 5.65. The fraction of sp³-hybridized carbons (Fsp3) is 0.308. The molecule has 2 rings (SSSR count). The molecule has 1 aromatic carbocycles. The molecule has 0 bridgehead atoms. The molecule has 78 valence electrons. The Bertz CT molecular complexity index is 446. The summed E-state index contributed by atoms with van der Waals surface area (Å²) in [6.45, 7) is 2.91. The first-order chi connectivity index (χ1) is 7.31. The molecule has 2 aromatic rings. The molecule has 15 heavy (non-hydrogen) atoms. The molecule has 1 atom stereocenters. The minimum absolute atomic E-state index is 0.524. The highest BCUT2D eigenvalue weighted by atomic mass is 14.6. The first kappa shape index (κ1) is 10.1. The Labute approximate surface area is 90.1 Å². The van der Waals surface area contributed by atoms with Crippen molar-refractivity contribution in [2.75, 3.05) is 6.54 Å². The predicted octanol–water partition coefficient (Wildman–Crippen LogP) is 2.37. The summed E-state index contributed by atoms with van der Waals surface area (Å²) in [7, 11) is 0. The molecule has 2 N–H and O–H groups in total. The van der Waals surface area contributed by atoms with Crippen LogP contribution in [0, 0.1) is 5.92 Å². The van der Waals surface area contributed by atoms with E-state index >= 15 is 0 Å². The SMILES string of the molecule is CC(CN)Cc1cccc2ncccc12. The van der Waals surface area contributed by atoms with Crippen LogP contribution in [0.1, 0.15) is 12.5 Å². The number of pyridine rings is 1. The zero-order valence-electron chi connectivity index (χ0n) is 8.98. The molecule has 0 radical (unpaired) electrons. The summed E-state index contributed by atoms with van der Waals surface area (Å²) in [5, 5.41) is 1.25. The van der Waals surface area contributed by atoms with Crippen molar-refractivity contribution in [2.45, 2.75) is 13.3 Å². The average molecular weight is 200 g/mol. The van der Waals surface area contributed by atoms with Gasteiger partial charge in [0, 0.05) is 11.6 Å². The van der Waals surface area contributed by atoms with Gasteiger partial charge in [-0.3, -0.25) is 4.98 Å². The number of benzene rings is 1.